The summed E-state index contributed by atoms with van der Waals surface area (Å²) in [6.45, 7) is 6.83. The van der Waals surface area contributed by atoms with Crippen LogP contribution in [0, 0.1) is 5.41 Å². The highest BCUT2D eigenvalue weighted by atomic mass is 32.2. The monoisotopic (exact) mass is 487 g/mol. The predicted octanol–water partition coefficient (Wildman–Crippen LogP) is 5.49. The molecule has 0 aliphatic carbocycles. The SMILES string of the molecule is CSNc1ccc2c(c1)SNC(c1c(O)c(-c3cccs3)nn(CCC(C)(C)C)c1=O)=N2. The minimum absolute atomic E-state index is 0.0418. The van der Waals surface area contributed by atoms with Crippen LogP contribution in [-0.4, -0.2) is 27.0 Å². The van der Waals surface area contributed by atoms with Gasteiger partial charge in [-0.25, -0.2) is 9.67 Å². The van der Waals surface area contributed by atoms with Crippen molar-refractivity contribution < 1.29 is 5.11 Å². The zero-order valence-corrected chi connectivity index (χ0v) is 20.7. The van der Waals surface area contributed by atoms with Crippen LogP contribution in [0.5, 0.6) is 5.75 Å². The van der Waals surface area contributed by atoms with E-state index in [1.807, 2.05) is 42.0 Å². The average molecular weight is 488 g/mol. The molecule has 1 aliphatic heterocycles. The van der Waals surface area contributed by atoms with Gasteiger partial charge in [-0.05, 0) is 53.4 Å². The first-order chi connectivity index (χ1) is 15.3. The maximum atomic E-state index is 13.4. The standard InChI is InChI=1S/C22H25N5O2S3/c1-22(2,3)9-10-27-21(29)17(19(28)18(24-27)15-6-5-11-31-15)20-23-14-8-7-13(25-30-4)12-16(14)32-26-20/h5-8,11-12,25,28H,9-10H2,1-4H3,(H,23,26). The number of nitrogens with one attached hydrogen (secondary N) is 2. The number of fused-ring (bicyclic) bond motifs is 1. The van der Waals surface area contributed by atoms with Gasteiger partial charge in [-0.3, -0.25) is 4.79 Å². The first kappa shape index (κ1) is 22.8. The van der Waals surface area contributed by atoms with E-state index < -0.39 is 0 Å². The Hall–Kier alpha value is -2.43. The van der Waals surface area contributed by atoms with E-state index in [0.717, 1.165) is 27.6 Å². The Bertz CT molecular complexity index is 1210. The molecule has 0 atom stereocenters. The molecule has 1 aliphatic rings. The summed E-state index contributed by atoms with van der Waals surface area (Å²) in [5.74, 6) is 0.181. The number of nitrogens with zero attached hydrogens (tertiary/aromatic N) is 3. The van der Waals surface area contributed by atoms with Gasteiger partial charge < -0.3 is 14.6 Å². The van der Waals surface area contributed by atoms with Crippen molar-refractivity contribution in [2.75, 3.05) is 11.0 Å². The quantitative estimate of drug-likeness (QED) is 0.396. The lowest BCUT2D eigenvalue weighted by Crippen LogP contribution is -2.34. The highest BCUT2D eigenvalue weighted by Crippen LogP contribution is 2.37. The maximum Gasteiger partial charge on any atom is 0.281 e. The summed E-state index contributed by atoms with van der Waals surface area (Å²) in [7, 11) is 0. The Morgan fingerprint density at radius 2 is 2.09 bits per heavy atom. The van der Waals surface area contributed by atoms with E-state index >= 15 is 0 Å². The van der Waals surface area contributed by atoms with Crippen LogP contribution in [0.2, 0.25) is 0 Å². The van der Waals surface area contributed by atoms with Crippen LogP contribution in [0.1, 0.15) is 32.8 Å². The van der Waals surface area contributed by atoms with Crippen molar-refractivity contribution in [2.24, 2.45) is 10.4 Å². The third kappa shape index (κ3) is 4.82. The molecular formula is C22H25N5O2S3. The predicted molar refractivity (Wildman–Crippen MR) is 136 cm³/mol. The van der Waals surface area contributed by atoms with Gasteiger partial charge in [0.2, 0.25) is 0 Å². The lowest BCUT2D eigenvalue weighted by Gasteiger charge is -2.21. The zero-order chi connectivity index (χ0) is 22.9. The molecule has 3 N–H and O–H groups in total. The second kappa shape index (κ2) is 9.21. The fourth-order valence-corrected chi connectivity index (χ4v) is 5.00. The summed E-state index contributed by atoms with van der Waals surface area (Å²) in [6.07, 6.45) is 2.74. The lowest BCUT2D eigenvalue weighted by atomic mass is 9.92. The number of benzene rings is 1. The number of aryl methyl sites for hydroxylation is 1. The van der Waals surface area contributed by atoms with Gasteiger partial charge >= 0.3 is 0 Å². The summed E-state index contributed by atoms with van der Waals surface area (Å²) in [6, 6.07) is 9.62. The molecule has 1 aromatic carbocycles. The summed E-state index contributed by atoms with van der Waals surface area (Å²) in [4.78, 5) is 19.8. The van der Waals surface area contributed by atoms with Crippen LogP contribution in [0.15, 0.2) is 50.4 Å². The summed E-state index contributed by atoms with van der Waals surface area (Å²) in [5, 5.41) is 17.5. The highest BCUT2D eigenvalue weighted by Gasteiger charge is 2.26. The average Bonchev–Trinajstić information content (AvgIpc) is 3.27. The van der Waals surface area contributed by atoms with Crippen LogP contribution in [0.3, 0.4) is 0 Å². The number of hydrogen-bond acceptors (Lipinski definition) is 9. The molecule has 4 rings (SSSR count). The molecule has 0 spiro atoms. The highest BCUT2D eigenvalue weighted by molar-refractivity contribution is 7.99. The summed E-state index contributed by atoms with van der Waals surface area (Å²) < 4.78 is 7.80. The number of amidine groups is 1. The molecule has 168 valence electrons. The van der Waals surface area contributed by atoms with Crippen molar-refractivity contribution in [3.8, 4) is 16.3 Å². The van der Waals surface area contributed by atoms with Gasteiger partial charge in [-0.15, -0.1) is 11.3 Å². The van der Waals surface area contributed by atoms with Gasteiger partial charge in [0.25, 0.3) is 5.56 Å². The van der Waals surface area contributed by atoms with Gasteiger partial charge in [0.15, 0.2) is 11.6 Å². The molecule has 32 heavy (non-hydrogen) atoms. The summed E-state index contributed by atoms with van der Waals surface area (Å²) >= 11 is 4.35. The molecule has 0 radical (unpaired) electrons. The molecule has 3 heterocycles. The molecule has 0 bridgehead atoms. The second-order valence-electron chi connectivity index (χ2n) is 8.54. The van der Waals surface area contributed by atoms with Crippen molar-refractivity contribution >= 4 is 52.4 Å². The van der Waals surface area contributed by atoms with Crippen molar-refractivity contribution in [1.82, 2.24) is 14.5 Å². The maximum absolute atomic E-state index is 13.4. The van der Waals surface area contributed by atoms with Crippen molar-refractivity contribution in [2.45, 2.75) is 38.6 Å². The normalized spacial score (nSPS) is 13.3. The minimum Gasteiger partial charge on any atom is -0.505 e. The van der Waals surface area contributed by atoms with Crippen LogP contribution in [0.4, 0.5) is 11.4 Å². The van der Waals surface area contributed by atoms with E-state index in [1.54, 1.807) is 0 Å². The van der Waals surface area contributed by atoms with Crippen LogP contribution < -0.4 is 15.0 Å². The topological polar surface area (TPSA) is 91.5 Å². The van der Waals surface area contributed by atoms with E-state index in [0.29, 0.717) is 18.1 Å². The molecule has 0 saturated heterocycles. The zero-order valence-electron chi connectivity index (χ0n) is 18.3. The number of aromatic hydroxyl groups is 1. The van der Waals surface area contributed by atoms with Gasteiger partial charge in [0.1, 0.15) is 11.3 Å². The van der Waals surface area contributed by atoms with Crippen LogP contribution in [0.25, 0.3) is 10.6 Å². The number of aliphatic imine (C=N–C) groups is 1. The Morgan fingerprint density at radius 3 is 2.78 bits per heavy atom. The van der Waals surface area contributed by atoms with E-state index in [1.165, 1.54) is 39.9 Å². The fourth-order valence-electron chi connectivity index (χ4n) is 3.17. The molecule has 2 aromatic heterocycles. The first-order valence-corrected chi connectivity index (χ1v) is 13.0. The fraction of sp³-hybridized carbons (Fsp3) is 0.318. The smallest absolute Gasteiger partial charge is 0.281 e. The lowest BCUT2D eigenvalue weighted by molar-refractivity contribution is 0.335. The third-order valence-electron chi connectivity index (χ3n) is 4.86. The molecule has 3 aromatic rings. The Labute approximate surface area is 199 Å². The van der Waals surface area contributed by atoms with E-state index in [4.69, 9.17) is 0 Å². The minimum atomic E-state index is -0.358. The van der Waals surface area contributed by atoms with Crippen LogP contribution >= 0.6 is 35.2 Å². The van der Waals surface area contributed by atoms with Gasteiger partial charge in [0, 0.05) is 18.5 Å². The molecule has 0 fully saturated rings. The first-order valence-electron chi connectivity index (χ1n) is 10.1. The van der Waals surface area contributed by atoms with Gasteiger partial charge in [0.05, 0.1) is 15.5 Å². The van der Waals surface area contributed by atoms with E-state index in [9.17, 15) is 9.90 Å². The number of hydrogen-bond donors (Lipinski definition) is 3. The Balaban J connectivity index is 1.82. The summed E-state index contributed by atoms with van der Waals surface area (Å²) in [5.41, 5.74) is 1.93. The van der Waals surface area contributed by atoms with Gasteiger partial charge in [-0.2, -0.15) is 5.10 Å². The third-order valence-corrected chi connectivity index (χ3v) is 7.02. The van der Waals surface area contributed by atoms with E-state index in [2.05, 4.69) is 40.3 Å². The molecule has 7 nitrogen and oxygen atoms in total. The van der Waals surface area contributed by atoms with Crippen molar-refractivity contribution in [3.05, 3.63) is 51.6 Å². The Kier molecular flexibility index (Phi) is 6.55. The molecule has 0 unspecified atom stereocenters. The molecule has 0 saturated carbocycles. The number of thiophene rings is 1. The Morgan fingerprint density at radius 1 is 1.28 bits per heavy atom. The number of rotatable bonds is 6. The molecule has 10 heteroatoms. The molecular weight excluding hydrogens is 462 g/mol. The number of aromatic nitrogens is 2. The van der Waals surface area contributed by atoms with Crippen molar-refractivity contribution in [3.63, 3.8) is 0 Å². The largest absolute Gasteiger partial charge is 0.505 e. The molecule has 0 amide bonds. The van der Waals surface area contributed by atoms with Crippen LogP contribution in [-0.2, 0) is 6.54 Å². The van der Waals surface area contributed by atoms with Crippen molar-refractivity contribution in [1.29, 1.82) is 0 Å². The number of anilines is 1. The second-order valence-corrected chi connectivity index (χ2v) is 10.9. The van der Waals surface area contributed by atoms with E-state index in [-0.39, 0.29) is 22.3 Å². The van der Waals surface area contributed by atoms with Gasteiger partial charge in [-0.1, -0.05) is 38.8 Å².